The molecule has 2 unspecified atom stereocenters. The van der Waals surface area contributed by atoms with Gasteiger partial charge in [-0.15, -0.1) is 0 Å². The lowest BCUT2D eigenvalue weighted by Gasteiger charge is -2.07. The lowest BCUT2D eigenvalue weighted by Crippen LogP contribution is -2.11. The van der Waals surface area contributed by atoms with Crippen molar-refractivity contribution in [2.75, 3.05) is 0 Å². The van der Waals surface area contributed by atoms with Crippen LogP contribution < -0.4 is 0 Å². The number of rotatable bonds is 7. The average Bonchev–Trinajstić information content (AvgIpc) is 3.01. The van der Waals surface area contributed by atoms with Crippen LogP contribution in [-0.4, -0.2) is 16.5 Å². The number of esters is 1. The number of nitrogens with zero attached hydrogens (tertiary/aromatic N) is 1. The van der Waals surface area contributed by atoms with Gasteiger partial charge in [0.05, 0.1) is 12.5 Å². The van der Waals surface area contributed by atoms with E-state index in [1.54, 1.807) is 0 Å². The van der Waals surface area contributed by atoms with E-state index in [1.807, 2.05) is 36.4 Å². The van der Waals surface area contributed by atoms with Crippen LogP contribution in [0.3, 0.4) is 0 Å². The maximum Gasteiger partial charge on any atom is 0.482 e. The van der Waals surface area contributed by atoms with Gasteiger partial charge in [-0.25, -0.2) is 0 Å². The number of nitriles is 1. The topological polar surface area (TPSA) is 71.5 Å². The first-order chi connectivity index (χ1) is 10.7. The third-order valence-corrected chi connectivity index (χ3v) is 4.26. The maximum atomic E-state index is 11.7. The second kappa shape index (κ2) is 8.33. The first-order valence-corrected chi connectivity index (χ1v) is 7.80. The third-order valence-electron chi connectivity index (χ3n) is 4.26. The number of carbonyl (C=O) groups excluding carboxylic acids is 2. The summed E-state index contributed by atoms with van der Waals surface area (Å²) in [5, 5.41) is 8.57. The molecule has 0 heterocycles. The fourth-order valence-electron chi connectivity index (χ4n) is 2.99. The van der Waals surface area contributed by atoms with Gasteiger partial charge in [0.1, 0.15) is 12.2 Å². The van der Waals surface area contributed by atoms with Crippen molar-refractivity contribution in [3.8, 4) is 6.07 Å². The predicted molar refractivity (Wildman–Crippen MR) is 83.5 cm³/mol. The lowest BCUT2D eigenvalue weighted by atomic mass is 9.96. The molecule has 22 heavy (non-hydrogen) atoms. The molecule has 4 heteroatoms. The van der Waals surface area contributed by atoms with Gasteiger partial charge in [-0.2, -0.15) is 5.26 Å². The summed E-state index contributed by atoms with van der Waals surface area (Å²) >= 11 is 0. The fraction of sp³-hybridized carbons (Fsp3) is 0.500. The summed E-state index contributed by atoms with van der Waals surface area (Å²) < 4.78 is 5.36. The number of hydrogen-bond donors (Lipinski definition) is 0. The van der Waals surface area contributed by atoms with Crippen LogP contribution in [0.25, 0.3) is 0 Å². The van der Waals surface area contributed by atoms with E-state index in [0.717, 1.165) is 31.2 Å². The largest absolute Gasteiger partial charge is 0.482 e. The van der Waals surface area contributed by atoms with Crippen LogP contribution in [0.2, 0.25) is 0 Å². The number of benzene rings is 1. The zero-order valence-corrected chi connectivity index (χ0v) is 12.7. The van der Waals surface area contributed by atoms with Crippen LogP contribution in [0.1, 0.15) is 44.1 Å². The van der Waals surface area contributed by atoms with E-state index in [1.165, 1.54) is 0 Å². The van der Waals surface area contributed by atoms with Gasteiger partial charge in [0, 0.05) is 11.5 Å². The molecule has 1 aliphatic carbocycles. The Kier molecular flexibility index (Phi) is 6.14. The molecule has 1 aliphatic rings. The highest BCUT2D eigenvalue weighted by molar-refractivity contribution is 5.83. The Morgan fingerprint density at radius 3 is 2.82 bits per heavy atom. The molecule has 0 aromatic heterocycles. The number of hydrogen-bond acceptors (Lipinski definition) is 3. The summed E-state index contributed by atoms with van der Waals surface area (Å²) in [6.45, 7) is 0.376. The van der Waals surface area contributed by atoms with E-state index in [-0.39, 0.29) is 24.1 Å². The van der Waals surface area contributed by atoms with Crippen molar-refractivity contribution in [2.24, 2.45) is 11.8 Å². The molecule has 1 aromatic rings. The molecule has 0 amide bonds. The molecule has 1 aromatic carbocycles. The van der Waals surface area contributed by atoms with Crippen molar-refractivity contribution in [3.05, 3.63) is 35.9 Å². The van der Waals surface area contributed by atoms with Gasteiger partial charge in [0.2, 0.25) is 6.61 Å². The Morgan fingerprint density at radius 2 is 2.09 bits per heavy atom. The van der Waals surface area contributed by atoms with E-state index in [2.05, 4.69) is 0 Å². The zero-order chi connectivity index (χ0) is 15.8. The predicted octanol–water partition coefficient (Wildman–Crippen LogP) is 3.38. The summed E-state index contributed by atoms with van der Waals surface area (Å²) in [5.41, 5.74) is 1.03. The highest BCUT2D eigenvalue weighted by Crippen LogP contribution is 2.34. The highest BCUT2D eigenvalue weighted by Gasteiger charge is 2.30. The van der Waals surface area contributed by atoms with Crippen molar-refractivity contribution < 1.29 is 14.3 Å². The smallest absolute Gasteiger partial charge is 0.339 e. The maximum absolute atomic E-state index is 11.7. The van der Waals surface area contributed by atoms with Gasteiger partial charge >= 0.3 is 5.97 Å². The summed E-state index contributed by atoms with van der Waals surface area (Å²) in [6.07, 6.45) is 4.07. The standard InChI is InChI=1S/C18H21NO3/c19-11-10-17(20)16-8-6-14(12-16)7-9-18(21)22-13-15-4-2-1-3-5-15/h1-5,14,16H,6-10,12-13H2/p+1. The minimum absolute atomic E-state index is 0.0228. The van der Waals surface area contributed by atoms with Gasteiger partial charge in [-0.1, -0.05) is 30.3 Å². The zero-order valence-electron chi connectivity index (χ0n) is 12.7. The average molecular weight is 300 g/mol. The Bertz CT molecular complexity index is 547. The van der Waals surface area contributed by atoms with E-state index in [0.29, 0.717) is 18.9 Å². The lowest BCUT2D eigenvalue weighted by molar-refractivity contribution is -0.121. The second-order valence-electron chi connectivity index (χ2n) is 5.88. The van der Waals surface area contributed by atoms with Crippen LogP contribution in [0.15, 0.2) is 30.3 Å². The van der Waals surface area contributed by atoms with Crippen LogP contribution >= 0.6 is 0 Å². The van der Waals surface area contributed by atoms with Crippen LogP contribution in [-0.2, 0) is 16.1 Å². The Balaban J connectivity index is 1.65. The van der Waals surface area contributed by atoms with E-state index < -0.39 is 0 Å². The van der Waals surface area contributed by atoms with Gasteiger partial charge in [-0.05, 0) is 31.6 Å². The third kappa shape index (κ3) is 5.00. The highest BCUT2D eigenvalue weighted by atomic mass is 16.5. The van der Waals surface area contributed by atoms with Crippen LogP contribution in [0, 0.1) is 23.2 Å². The molecular formula is C18H22NO3+. The minimum atomic E-state index is 0.0228. The van der Waals surface area contributed by atoms with Gasteiger partial charge in [-0.3, -0.25) is 4.79 Å². The number of ether oxygens (including phenoxy) is 1. The summed E-state index contributed by atoms with van der Waals surface area (Å²) in [6, 6.07) is 11.7. The second-order valence-corrected chi connectivity index (χ2v) is 5.88. The molecule has 0 bridgehead atoms. The van der Waals surface area contributed by atoms with Gasteiger partial charge in [0.25, 0.3) is 0 Å². The first-order valence-electron chi connectivity index (χ1n) is 7.80. The van der Waals surface area contributed by atoms with Crippen molar-refractivity contribution in [1.82, 2.24) is 0 Å². The number of carbonyl (C=O) groups is 1. The van der Waals surface area contributed by atoms with Gasteiger partial charge < -0.3 is 9.53 Å². The number of Topliss-reactive ketones (excluding diaryl/α,β-unsaturated/α-hetero) is 1. The molecule has 0 aliphatic heterocycles. The van der Waals surface area contributed by atoms with E-state index in [4.69, 9.17) is 10.00 Å². The molecule has 4 nitrogen and oxygen atoms in total. The van der Waals surface area contributed by atoms with E-state index >= 15 is 0 Å². The number of ketones is 1. The Morgan fingerprint density at radius 1 is 1.32 bits per heavy atom. The van der Waals surface area contributed by atoms with Crippen molar-refractivity contribution >= 4 is 11.8 Å². The van der Waals surface area contributed by atoms with Crippen LogP contribution in [0.5, 0.6) is 0 Å². The Labute approximate surface area is 131 Å². The molecule has 2 rings (SSSR count). The van der Waals surface area contributed by atoms with E-state index in [9.17, 15) is 9.59 Å². The van der Waals surface area contributed by atoms with Gasteiger partial charge in [0.15, 0.2) is 0 Å². The summed E-state index contributed by atoms with van der Waals surface area (Å²) in [5.74, 6) is 0.612. The summed E-state index contributed by atoms with van der Waals surface area (Å²) in [4.78, 5) is 21.5. The normalized spacial score (nSPS) is 20.3. The van der Waals surface area contributed by atoms with Crippen LogP contribution in [0.4, 0.5) is 0 Å². The molecule has 0 spiro atoms. The fourth-order valence-corrected chi connectivity index (χ4v) is 2.99. The quantitative estimate of drug-likeness (QED) is 0.572. The van der Waals surface area contributed by atoms with Crippen molar-refractivity contribution in [2.45, 2.75) is 45.1 Å². The van der Waals surface area contributed by atoms with Crippen molar-refractivity contribution in [1.29, 1.82) is 5.26 Å². The Hall–Kier alpha value is -2.15. The molecule has 116 valence electrons. The summed E-state index contributed by atoms with van der Waals surface area (Å²) in [7, 11) is 0. The molecule has 1 N–H and O–H groups in total. The molecule has 0 radical (unpaired) electrons. The monoisotopic (exact) mass is 300 g/mol. The SMILES string of the molecule is N#CCC(=O)C1CCC(CCC(=[OH+])OCc2ccccc2)C1. The molecule has 0 saturated heterocycles. The first kappa shape index (κ1) is 16.2. The molecule has 2 atom stereocenters. The minimum Gasteiger partial charge on any atom is -0.339 e. The molecule has 1 fully saturated rings. The van der Waals surface area contributed by atoms with Crippen molar-refractivity contribution in [3.63, 3.8) is 0 Å². The molecular weight excluding hydrogens is 278 g/mol. The molecule has 1 saturated carbocycles.